The zero-order valence-corrected chi connectivity index (χ0v) is 19.8. The maximum atomic E-state index is 13.7. The molecular formula is C20H12Br2F8N2. The third-order valence-corrected chi connectivity index (χ3v) is 5.78. The van der Waals surface area contributed by atoms with Crippen molar-refractivity contribution in [1.29, 1.82) is 0 Å². The predicted octanol–water partition coefficient (Wildman–Crippen LogP) is 7.70. The van der Waals surface area contributed by atoms with Gasteiger partial charge >= 0.3 is 0 Å². The van der Waals surface area contributed by atoms with Gasteiger partial charge in [0.1, 0.15) is 0 Å². The second-order valence-corrected chi connectivity index (χ2v) is 8.04. The highest BCUT2D eigenvalue weighted by Crippen LogP contribution is 2.40. The van der Waals surface area contributed by atoms with Gasteiger partial charge in [0, 0.05) is 0 Å². The first-order valence-electron chi connectivity index (χ1n) is 8.53. The quantitative estimate of drug-likeness (QED) is 0.165. The molecule has 0 unspecified atom stereocenters. The number of halogens is 10. The van der Waals surface area contributed by atoms with Gasteiger partial charge in [0.2, 0.25) is 0 Å². The van der Waals surface area contributed by atoms with Crippen LogP contribution >= 0.6 is 31.9 Å². The Kier molecular flexibility index (Phi) is 8.03. The average molecular weight is 592 g/mol. The van der Waals surface area contributed by atoms with Crippen molar-refractivity contribution >= 4 is 31.9 Å². The van der Waals surface area contributed by atoms with E-state index >= 15 is 0 Å². The lowest BCUT2D eigenvalue weighted by Crippen LogP contribution is -2.07. The number of aryl methyl sites for hydroxylation is 4. The van der Waals surface area contributed by atoms with Crippen LogP contribution in [0.3, 0.4) is 0 Å². The summed E-state index contributed by atoms with van der Waals surface area (Å²) in [5.41, 5.74) is 0.314. The second-order valence-electron chi connectivity index (χ2n) is 6.46. The summed E-state index contributed by atoms with van der Waals surface area (Å²) in [7, 11) is 0. The van der Waals surface area contributed by atoms with Crippen molar-refractivity contribution in [3.63, 3.8) is 0 Å². The van der Waals surface area contributed by atoms with Crippen LogP contribution in [0.15, 0.2) is 8.95 Å². The van der Waals surface area contributed by atoms with E-state index < -0.39 is 66.6 Å². The summed E-state index contributed by atoms with van der Waals surface area (Å²) in [5, 5.41) is 0. The normalized spacial score (nSPS) is 10.8. The molecule has 0 N–H and O–H groups in total. The molecule has 3 rings (SSSR count). The highest BCUT2D eigenvalue weighted by atomic mass is 79.9. The van der Waals surface area contributed by atoms with Gasteiger partial charge in [-0.15, -0.1) is 0 Å². The first-order valence-corrected chi connectivity index (χ1v) is 10.1. The van der Waals surface area contributed by atoms with E-state index in [1.807, 2.05) is 27.7 Å². The van der Waals surface area contributed by atoms with Crippen LogP contribution in [0, 0.1) is 74.2 Å². The van der Waals surface area contributed by atoms with Crippen LogP contribution in [0.1, 0.15) is 22.8 Å². The molecule has 0 bridgehead atoms. The van der Waals surface area contributed by atoms with E-state index in [1.165, 1.54) is 0 Å². The number of nitrogens with zero attached hydrogens (tertiary/aromatic N) is 2. The lowest BCUT2D eigenvalue weighted by molar-refractivity contribution is 0.434. The summed E-state index contributed by atoms with van der Waals surface area (Å²) < 4.78 is 106. The van der Waals surface area contributed by atoms with E-state index in [2.05, 4.69) is 41.8 Å². The van der Waals surface area contributed by atoms with E-state index in [9.17, 15) is 35.1 Å². The van der Waals surface area contributed by atoms with Crippen LogP contribution in [0.2, 0.25) is 0 Å². The highest BCUT2D eigenvalue weighted by Gasteiger charge is 2.33. The molecule has 0 saturated carbocycles. The molecule has 0 aliphatic carbocycles. The lowest BCUT2D eigenvalue weighted by Gasteiger charge is -2.12. The van der Waals surface area contributed by atoms with E-state index in [4.69, 9.17) is 0 Å². The minimum Gasteiger partial charge on any atom is -0.255 e. The molecule has 2 nitrogen and oxygen atoms in total. The highest BCUT2D eigenvalue weighted by molar-refractivity contribution is 9.10. The average Bonchev–Trinajstić information content (AvgIpc) is 2.75. The topological polar surface area (TPSA) is 25.8 Å². The van der Waals surface area contributed by atoms with E-state index in [0.717, 1.165) is 22.8 Å². The van der Waals surface area contributed by atoms with Crippen LogP contribution in [0.5, 0.6) is 0 Å². The van der Waals surface area contributed by atoms with Gasteiger partial charge in [-0.05, 0) is 59.6 Å². The Bertz CT molecular complexity index is 1060. The number of hydrogen-bond donors (Lipinski definition) is 0. The molecule has 1 heterocycles. The predicted molar refractivity (Wildman–Crippen MR) is 108 cm³/mol. The Balaban J connectivity index is 0.000000303. The molecule has 32 heavy (non-hydrogen) atoms. The first-order chi connectivity index (χ1) is 14.7. The third-order valence-electron chi connectivity index (χ3n) is 4.39. The van der Waals surface area contributed by atoms with Crippen LogP contribution in [-0.2, 0) is 0 Å². The molecule has 0 spiro atoms. The van der Waals surface area contributed by atoms with Crippen molar-refractivity contribution in [2.24, 2.45) is 0 Å². The summed E-state index contributed by atoms with van der Waals surface area (Å²) in [4.78, 5) is 8.62. The number of rotatable bonds is 1. The van der Waals surface area contributed by atoms with E-state index in [1.54, 1.807) is 0 Å². The molecular weight excluding hydrogens is 580 g/mol. The van der Waals surface area contributed by atoms with Gasteiger partial charge in [-0.2, -0.15) is 0 Å². The van der Waals surface area contributed by atoms with E-state index in [0.29, 0.717) is 0 Å². The standard InChI is InChI=1S/C12Br2F8.C8H12N2/c13-3-9(19)5(15)1(6(16)10(3)20)2-7(17)11(21)4(14)12(22)8(2)18;1-5-6(2)10-8(4)7(3)9-5/h;1-4H3. The van der Waals surface area contributed by atoms with Crippen molar-refractivity contribution in [2.45, 2.75) is 27.7 Å². The van der Waals surface area contributed by atoms with Gasteiger partial charge in [0.05, 0.1) is 42.8 Å². The Morgan fingerprint density at radius 1 is 0.406 bits per heavy atom. The van der Waals surface area contributed by atoms with Gasteiger partial charge < -0.3 is 0 Å². The second kappa shape index (κ2) is 9.82. The van der Waals surface area contributed by atoms with Gasteiger partial charge in [0.15, 0.2) is 46.5 Å². The van der Waals surface area contributed by atoms with Crippen molar-refractivity contribution in [1.82, 2.24) is 9.97 Å². The summed E-state index contributed by atoms with van der Waals surface area (Å²) in [6.45, 7) is 7.92. The smallest absolute Gasteiger partial charge is 0.176 e. The molecule has 0 saturated heterocycles. The van der Waals surface area contributed by atoms with Gasteiger partial charge in [-0.3, -0.25) is 9.97 Å². The summed E-state index contributed by atoms with van der Waals surface area (Å²) in [5.74, 6) is -16.9. The summed E-state index contributed by atoms with van der Waals surface area (Å²) >= 11 is 4.38. The Hall–Kier alpha value is -2.08. The molecule has 172 valence electrons. The first kappa shape index (κ1) is 26.2. The van der Waals surface area contributed by atoms with Crippen molar-refractivity contribution in [2.75, 3.05) is 0 Å². The fourth-order valence-corrected chi connectivity index (χ4v) is 3.17. The molecule has 0 amide bonds. The minimum atomic E-state index is -2.22. The van der Waals surface area contributed by atoms with Crippen LogP contribution in [0.4, 0.5) is 35.1 Å². The Morgan fingerprint density at radius 2 is 0.594 bits per heavy atom. The molecule has 0 aliphatic rings. The summed E-state index contributed by atoms with van der Waals surface area (Å²) in [6, 6.07) is 0. The molecule has 0 fully saturated rings. The van der Waals surface area contributed by atoms with Gasteiger partial charge in [0.25, 0.3) is 0 Å². The third kappa shape index (κ3) is 4.66. The van der Waals surface area contributed by atoms with Crippen LogP contribution in [0.25, 0.3) is 11.1 Å². The lowest BCUT2D eigenvalue weighted by atomic mass is 10.0. The molecule has 2 aromatic carbocycles. The molecule has 0 aliphatic heterocycles. The van der Waals surface area contributed by atoms with Crippen molar-refractivity contribution in [3.8, 4) is 11.1 Å². The Labute approximate surface area is 194 Å². The van der Waals surface area contributed by atoms with Crippen LogP contribution in [-0.4, -0.2) is 9.97 Å². The SMILES string of the molecule is Cc1nc(C)c(C)nc1C.Fc1c(F)c(-c2c(F)c(F)c(Br)c(F)c2F)c(F)c(F)c1Br. The van der Waals surface area contributed by atoms with Gasteiger partial charge in [-0.1, -0.05) is 0 Å². The number of benzene rings is 2. The fourth-order valence-electron chi connectivity index (χ4n) is 2.48. The molecule has 0 radical (unpaired) electrons. The van der Waals surface area contributed by atoms with Crippen molar-refractivity contribution in [3.05, 3.63) is 78.3 Å². The Morgan fingerprint density at radius 3 is 0.781 bits per heavy atom. The number of hydrogen-bond acceptors (Lipinski definition) is 2. The fraction of sp³-hybridized carbons (Fsp3) is 0.200. The molecule has 12 heteroatoms. The maximum absolute atomic E-state index is 13.7. The van der Waals surface area contributed by atoms with Gasteiger partial charge in [-0.25, -0.2) is 35.1 Å². The molecule has 3 aromatic rings. The summed E-state index contributed by atoms with van der Waals surface area (Å²) in [6.07, 6.45) is 0. The maximum Gasteiger partial charge on any atom is 0.176 e. The monoisotopic (exact) mass is 590 g/mol. The van der Waals surface area contributed by atoms with E-state index in [-0.39, 0.29) is 0 Å². The minimum absolute atomic E-state index is 1.03. The zero-order chi connectivity index (χ0) is 24.7. The zero-order valence-electron chi connectivity index (χ0n) is 16.7. The van der Waals surface area contributed by atoms with Crippen LogP contribution < -0.4 is 0 Å². The largest absolute Gasteiger partial charge is 0.255 e. The molecule has 0 atom stereocenters. The van der Waals surface area contributed by atoms with Crippen molar-refractivity contribution < 1.29 is 35.1 Å². The molecule has 1 aromatic heterocycles. The number of aromatic nitrogens is 2.